The Balaban J connectivity index is 0.000000941. The normalized spacial score (nSPS) is 13.6. The molecule has 0 fully saturated rings. The Morgan fingerprint density at radius 3 is 2.48 bits per heavy atom. The number of aromatic nitrogens is 2. The van der Waals surface area contributed by atoms with Crippen molar-refractivity contribution in [1.82, 2.24) is 9.97 Å². The zero-order valence-corrected chi connectivity index (χ0v) is 20.1. The summed E-state index contributed by atoms with van der Waals surface area (Å²) in [6, 6.07) is -0.359. The second kappa shape index (κ2) is 11.2. The van der Waals surface area contributed by atoms with E-state index in [1.807, 2.05) is 13.8 Å². The monoisotopic (exact) mass is 485 g/mol. The van der Waals surface area contributed by atoms with Gasteiger partial charge in [0.25, 0.3) is 0 Å². The molecule has 0 saturated heterocycles. The van der Waals surface area contributed by atoms with Gasteiger partial charge in [0, 0.05) is 5.56 Å². The minimum atomic E-state index is -0.414. The van der Waals surface area contributed by atoms with Crippen LogP contribution in [0.15, 0.2) is 9.63 Å². The van der Waals surface area contributed by atoms with Gasteiger partial charge in [0.2, 0.25) is 0 Å². The van der Waals surface area contributed by atoms with Gasteiger partial charge in [-0.3, -0.25) is 4.79 Å². The largest absolute Gasteiger partial charge is 0.372 e. The number of halogens is 2. The predicted molar refractivity (Wildman–Crippen MR) is 121 cm³/mol. The SMILES string of the molecule is CCC.CCCC(Nc1nc(SCC)nc2c(F)c(Br)c3c(c12)COC3)C(C)=O. The molecule has 1 aliphatic heterocycles. The van der Waals surface area contributed by atoms with Crippen LogP contribution in [0.25, 0.3) is 10.9 Å². The zero-order chi connectivity index (χ0) is 21.6. The minimum absolute atomic E-state index is 0.0359. The Hall–Kier alpha value is -1.25. The van der Waals surface area contributed by atoms with Gasteiger partial charge < -0.3 is 10.1 Å². The molecule has 160 valence electrons. The number of thioether (sulfide) groups is 1. The minimum Gasteiger partial charge on any atom is -0.372 e. The standard InChI is InChI=1S/C18H21BrFN3O2S.C3H8/c1-4-6-12(9(3)24)21-17-13-10-7-25-8-11(10)14(19)15(20)16(13)22-18(23-17)26-5-2;1-3-2/h12H,4-8H2,1-3H3,(H,21,22,23);3H2,1-2H3. The molecule has 2 heterocycles. The Morgan fingerprint density at radius 2 is 1.90 bits per heavy atom. The van der Waals surface area contributed by atoms with E-state index in [2.05, 4.69) is 45.1 Å². The van der Waals surface area contributed by atoms with Crippen LogP contribution in [0, 0.1) is 5.82 Å². The second-order valence-corrected chi connectivity index (χ2v) is 8.92. The second-order valence-electron chi connectivity index (χ2n) is 6.89. The van der Waals surface area contributed by atoms with Crippen LogP contribution in [0.1, 0.15) is 65.0 Å². The number of anilines is 1. The van der Waals surface area contributed by atoms with Crippen molar-refractivity contribution >= 4 is 50.2 Å². The summed E-state index contributed by atoms with van der Waals surface area (Å²) < 4.78 is 20.9. The summed E-state index contributed by atoms with van der Waals surface area (Å²) in [7, 11) is 0. The smallest absolute Gasteiger partial charge is 0.190 e. The van der Waals surface area contributed by atoms with Crippen molar-refractivity contribution in [2.75, 3.05) is 11.1 Å². The fourth-order valence-electron chi connectivity index (χ4n) is 3.10. The van der Waals surface area contributed by atoms with Gasteiger partial charge in [0.1, 0.15) is 11.3 Å². The number of hydrogen-bond acceptors (Lipinski definition) is 6. The first kappa shape index (κ1) is 24.0. The molecule has 0 radical (unpaired) electrons. The van der Waals surface area contributed by atoms with Crippen LogP contribution in [0.5, 0.6) is 0 Å². The van der Waals surface area contributed by atoms with Crippen molar-refractivity contribution in [3.8, 4) is 0 Å². The number of Topliss-reactive ketones (excluding diaryl/α,β-unsaturated/α-hetero) is 1. The first-order valence-electron chi connectivity index (χ1n) is 10.1. The average Bonchev–Trinajstić information content (AvgIpc) is 3.16. The molecule has 0 bridgehead atoms. The molecule has 29 heavy (non-hydrogen) atoms. The summed E-state index contributed by atoms with van der Waals surface area (Å²) in [6.07, 6.45) is 2.80. The van der Waals surface area contributed by atoms with Gasteiger partial charge in [0.15, 0.2) is 16.8 Å². The third-order valence-electron chi connectivity index (χ3n) is 4.37. The van der Waals surface area contributed by atoms with E-state index in [1.165, 1.54) is 18.2 Å². The van der Waals surface area contributed by atoms with Crippen LogP contribution < -0.4 is 5.32 Å². The fraction of sp³-hybridized carbons (Fsp3) is 0.571. The maximum Gasteiger partial charge on any atom is 0.190 e. The van der Waals surface area contributed by atoms with Crippen molar-refractivity contribution in [3.05, 3.63) is 21.4 Å². The summed E-state index contributed by atoms with van der Waals surface area (Å²) >= 11 is 4.78. The van der Waals surface area contributed by atoms with Crippen LogP contribution >= 0.6 is 27.7 Å². The van der Waals surface area contributed by atoms with Crippen molar-refractivity contribution in [3.63, 3.8) is 0 Å². The predicted octanol–water partition coefficient (Wildman–Crippen LogP) is 6.26. The highest BCUT2D eigenvalue weighted by molar-refractivity contribution is 9.10. The van der Waals surface area contributed by atoms with E-state index in [4.69, 9.17) is 4.74 Å². The number of hydrogen-bond donors (Lipinski definition) is 1. The van der Waals surface area contributed by atoms with Crippen LogP contribution in [0.2, 0.25) is 0 Å². The average molecular weight is 486 g/mol. The fourth-order valence-corrected chi connectivity index (χ4v) is 4.21. The molecule has 1 atom stereocenters. The summed E-state index contributed by atoms with van der Waals surface area (Å²) in [5.41, 5.74) is 1.92. The summed E-state index contributed by atoms with van der Waals surface area (Å²) in [6.45, 7) is 10.5. The highest BCUT2D eigenvalue weighted by Gasteiger charge is 2.27. The molecule has 1 aromatic carbocycles. The number of nitrogens with one attached hydrogen (secondary N) is 1. The summed E-state index contributed by atoms with van der Waals surface area (Å²) in [5, 5.41) is 4.35. The zero-order valence-electron chi connectivity index (χ0n) is 17.7. The topological polar surface area (TPSA) is 64.1 Å². The molecule has 1 unspecified atom stereocenters. The number of carbonyl (C=O) groups excluding carboxylic acids is 1. The van der Waals surface area contributed by atoms with Crippen LogP contribution in [0.4, 0.5) is 10.2 Å². The van der Waals surface area contributed by atoms with E-state index in [9.17, 15) is 4.79 Å². The van der Waals surface area contributed by atoms with Crippen molar-refractivity contribution in [2.45, 2.75) is 78.3 Å². The van der Waals surface area contributed by atoms with Crippen molar-refractivity contribution < 1.29 is 13.9 Å². The number of fused-ring (bicyclic) bond motifs is 3. The number of ketones is 1. The maximum atomic E-state index is 15.0. The number of benzene rings is 1. The molecule has 0 saturated carbocycles. The van der Waals surface area contributed by atoms with Gasteiger partial charge in [-0.15, -0.1) is 0 Å². The van der Waals surface area contributed by atoms with E-state index in [0.29, 0.717) is 40.5 Å². The summed E-state index contributed by atoms with van der Waals surface area (Å²) in [5.74, 6) is 0.899. The molecule has 3 rings (SSSR count). The van der Waals surface area contributed by atoms with Gasteiger partial charge in [0.05, 0.1) is 29.1 Å². The Kier molecular flexibility index (Phi) is 9.30. The van der Waals surface area contributed by atoms with E-state index < -0.39 is 5.82 Å². The number of ether oxygens (including phenoxy) is 1. The highest BCUT2D eigenvalue weighted by atomic mass is 79.9. The van der Waals surface area contributed by atoms with Gasteiger partial charge in [-0.2, -0.15) is 0 Å². The molecule has 1 aliphatic rings. The lowest BCUT2D eigenvalue weighted by atomic mass is 10.0. The van der Waals surface area contributed by atoms with Gasteiger partial charge in [-0.25, -0.2) is 14.4 Å². The first-order valence-corrected chi connectivity index (χ1v) is 11.8. The maximum absolute atomic E-state index is 15.0. The molecule has 0 aliphatic carbocycles. The number of nitrogens with zero attached hydrogens (tertiary/aromatic N) is 2. The number of carbonyl (C=O) groups is 1. The van der Waals surface area contributed by atoms with Gasteiger partial charge in [-0.1, -0.05) is 52.3 Å². The van der Waals surface area contributed by atoms with Crippen LogP contribution in [-0.2, 0) is 22.7 Å². The molecule has 1 N–H and O–H groups in total. The third kappa shape index (κ3) is 5.47. The quantitative estimate of drug-likeness (QED) is 0.368. The first-order chi connectivity index (χ1) is 13.9. The third-order valence-corrected chi connectivity index (χ3v) is 5.92. The molecule has 0 amide bonds. The molecule has 2 aromatic rings. The molecular formula is C21H29BrFN3O2S. The summed E-state index contributed by atoms with van der Waals surface area (Å²) in [4.78, 5) is 21.0. The lowest BCUT2D eigenvalue weighted by molar-refractivity contribution is -0.117. The Labute approximate surface area is 184 Å². The van der Waals surface area contributed by atoms with E-state index in [0.717, 1.165) is 23.3 Å². The molecule has 5 nitrogen and oxygen atoms in total. The van der Waals surface area contributed by atoms with Gasteiger partial charge >= 0.3 is 0 Å². The molecular weight excluding hydrogens is 457 g/mol. The Morgan fingerprint density at radius 1 is 1.24 bits per heavy atom. The van der Waals surface area contributed by atoms with E-state index in [-0.39, 0.29) is 17.3 Å². The van der Waals surface area contributed by atoms with E-state index in [1.54, 1.807) is 6.92 Å². The van der Waals surface area contributed by atoms with Crippen LogP contribution in [0.3, 0.4) is 0 Å². The van der Waals surface area contributed by atoms with E-state index >= 15 is 4.39 Å². The molecule has 1 aromatic heterocycles. The lowest BCUT2D eigenvalue weighted by Crippen LogP contribution is -2.28. The highest BCUT2D eigenvalue weighted by Crippen LogP contribution is 2.40. The van der Waals surface area contributed by atoms with Crippen molar-refractivity contribution in [1.29, 1.82) is 0 Å². The van der Waals surface area contributed by atoms with Gasteiger partial charge in [-0.05, 0) is 40.6 Å². The van der Waals surface area contributed by atoms with Crippen LogP contribution in [-0.4, -0.2) is 27.5 Å². The number of rotatable bonds is 7. The Bertz CT molecular complexity index is 879. The molecule has 8 heteroatoms. The van der Waals surface area contributed by atoms with Crippen molar-refractivity contribution in [2.24, 2.45) is 0 Å². The lowest BCUT2D eigenvalue weighted by Gasteiger charge is -2.19. The molecule has 0 spiro atoms.